The zero-order valence-corrected chi connectivity index (χ0v) is 9.64. The summed E-state index contributed by atoms with van der Waals surface area (Å²) in [7, 11) is 0. The number of carboxylic acids is 2. The second kappa shape index (κ2) is 8.37. The van der Waals surface area contributed by atoms with Crippen LogP contribution in [0.1, 0.15) is 32.6 Å². The minimum absolute atomic E-state index is 0.173. The van der Waals surface area contributed by atoms with Crippen LogP contribution in [0.5, 0.6) is 0 Å². The maximum atomic E-state index is 11.1. The number of carbonyl (C=O) groups excluding carboxylic acids is 1. The van der Waals surface area contributed by atoms with Crippen molar-refractivity contribution in [2.45, 2.75) is 38.6 Å². The first-order chi connectivity index (χ1) is 7.97. The van der Waals surface area contributed by atoms with Gasteiger partial charge in [-0.3, -0.25) is 4.79 Å². The van der Waals surface area contributed by atoms with Crippen LogP contribution in [0.15, 0.2) is 0 Å². The molecule has 0 unspecified atom stereocenters. The number of amides is 1. The Morgan fingerprint density at radius 2 is 1.94 bits per heavy atom. The monoisotopic (exact) mass is 247 g/mol. The van der Waals surface area contributed by atoms with Crippen LogP contribution in [0, 0.1) is 0 Å². The van der Waals surface area contributed by atoms with Gasteiger partial charge in [0.1, 0.15) is 6.04 Å². The molecule has 1 amide bonds. The molecule has 0 saturated carbocycles. The van der Waals surface area contributed by atoms with Crippen LogP contribution in [-0.2, 0) is 14.3 Å². The number of hydrogen-bond donors (Lipinski definition) is 3. The lowest BCUT2D eigenvalue weighted by Crippen LogP contribution is -2.41. The van der Waals surface area contributed by atoms with Crippen molar-refractivity contribution < 1.29 is 29.3 Å². The summed E-state index contributed by atoms with van der Waals surface area (Å²) in [5.41, 5.74) is 0. The quantitative estimate of drug-likeness (QED) is 0.547. The minimum Gasteiger partial charge on any atom is -0.481 e. The summed E-state index contributed by atoms with van der Waals surface area (Å²) in [4.78, 5) is 32.1. The summed E-state index contributed by atoms with van der Waals surface area (Å²) >= 11 is 0. The maximum absolute atomic E-state index is 11.1. The molecular formula is C10H17NO6. The average molecular weight is 247 g/mol. The topological polar surface area (TPSA) is 113 Å². The Balaban J connectivity index is 4.02. The number of hydrogen-bond acceptors (Lipinski definition) is 4. The molecule has 17 heavy (non-hydrogen) atoms. The zero-order chi connectivity index (χ0) is 13.3. The third-order valence-corrected chi connectivity index (χ3v) is 1.97. The number of aliphatic carboxylic acids is 2. The smallest absolute Gasteiger partial charge is 0.407 e. The van der Waals surface area contributed by atoms with Crippen LogP contribution in [0.3, 0.4) is 0 Å². The summed E-state index contributed by atoms with van der Waals surface area (Å²) < 4.78 is 4.71. The highest BCUT2D eigenvalue weighted by molar-refractivity contribution is 5.80. The number of carbonyl (C=O) groups is 3. The van der Waals surface area contributed by atoms with Gasteiger partial charge >= 0.3 is 18.0 Å². The van der Waals surface area contributed by atoms with Gasteiger partial charge in [-0.25, -0.2) is 9.59 Å². The molecule has 0 spiro atoms. The lowest BCUT2D eigenvalue weighted by Gasteiger charge is -2.13. The Bertz CT molecular complexity index is 278. The largest absolute Gasteiger partial charge is 0.481 e. The van der Waals surface area contributed by atoms with Gasteiger partial charge in [-0.2, -0.15) is 0 Å². The highest BCUT2D eigenvalue weighted by Gasteiger charge is 2.21. The molecule has 0 aliphatic heterocycles. The normalized spacial score (nSPS) is 11.6. The number of unbranched alkanes of at least 4 members (excludes halogenated alkanes) is 1. The minimum atomic E-state index is -1.28. The number of rotatable bonds is 8. The average Bonchev–Trinajstić information content (AvgIpc) is 2.23. The number of nitrogens with one attached hydrogen (secondary N) is 1. The van der Waals surface area contributed by atoms with Crippen LogP contribution >= 0.6 is 0 Å². The SMILES string of the molecule is CCCCOC(=O)N[C@H](CCC(=O)O)C(=O)O. The Morgan fingerprint density at radius 1 is 1.29 bits per heavy atom. The van der Waals surface area contributed by atoms with E-state index < -0.39 is 24.1 Å². The van der Waals surface area contributed by atoms with E-state index in [-0.39, 0.29) is 19.4 Å². The molecule has 0 aromatic heterocycles. The van der Waals surface area contributed by atoms with Crippen LogP contribution in [-0.4, -0.2) is 40.9 Å². The van der Waals surface area contributed by atoms with E-state index in [4.69, 9.17) is 14.9 Å². The molecule has 98 valence electrons. The van der Waals surface area contributed by atoms with E-state index >= 15 is 0 Å². The van der Waals surface area contributed by atoms with E-state index in [1.165, 1.54) is 0 Å². The van der Waals surface area contributed by atoms with Crippen LogP contribution < -0.4 is 5.32 Å². The third kappa shape index (κ3) is 8.06. The Labute approximate surface area is 98.8 Å². The van der Waals surface area contributed by atoms with Gasteiger partial charge in [-0.05, 0) is 12.8 Å². The highest BCUT2D eigenvalue weighted by Crippen LogP contribution is 1.99. The summed E-state index contributed by atoms with van der Waals surface area (Å²) in [6.45, 7) is 2.14. The second-order valence-corrected chi connectivity index (χ2v) is 3.46. The third-order valence-electron chi connectivity index (χ3n) is 1.97. The molecule has 0 fully saturated rings. The summed E-state index contributed by atoms with van der Waals surface area (Å²) in [5.74, 6) is -2.39. The molecule has 3 N–H and O–H groups in total. The molecule has 0 aromatic carbocycles. The van der Waals surface area contributed by atoms with Crippen LogP contribution in [0.2, 0.25) is 0 Å². The summed E-state index contributed by atoms with van der Waals surface area (Å²) in [6.07, 6.45) is 0.213. The molecule has 0 rings (SSSR count). The van der Waals surface area contributed by atoms with E-state index in [2.05, 4.69) is 5.32 Å². The molecule has 0 aromatic rings. The van der Waals surface area contributed by atoms with Crippen molar-refractivity contribution in [2.24, 2.45) is 0 Å². The van der Waals surface area contributed by atoms with Crippen LogP contribution in [0.4, 0.5) is 4.79 Å². The standard InChI is InChI=1S/C10H17NO6/c1-2-3-6-17-10(16)11-7(9(14)15)4-5-8(12)13/h7H,2-6H2,1H3,(H,11,16)(H,12,13)(H,14,15)/t7-/m1/s1. The molecule has 0 bridgehead atoms. The van der Waals surface area contributed by atoms with Crippen molar-refractivity contribution in [1.82, 2.24) is 5.32 Å². The van der Waals surface area contributed by atoms with Crippen LogP contribution in [0.25, 0.3) is 0 Å². The van der Waals surface area contributed by atoms with Gasteiger partial charge in [-0.1, -0.05) is 13.3 Å². The van der Waals surface area contributed by atoms with Crippen molar-refractivity contribution >= 4 is 18.0 Å². The first kappa shape index (κ1) is 15.2. The van der Waals surface area contributed by atoms with Gasteiger partial charge in [0.2, 0.25) is 0 Å². The zero-order valence-electron chi connectivity index (χ0n) is 9.64. The van der Waals surface area contributed by atoms with Gasteiger partial charge in [0.25, 0.3) is 0 Å². The van der Waals surface area contributed by atoms with Gasteiger partial charge in [0.05, 0.1) is 6.61 Å². The van der Waals surface area contributed by atoms with Gasteiger partial charge in [0, 0.05) is 6.42 Å². The molecule has 0 saturated heterocycles. The fraction of sp³-hybridized carbons (Fsp3) is 0.700. The van der Waals surface area contributed by atoms with E-state index in [1.54, 1.807) is 0 Å². The van der Waals surface area contributed by atoms with Gasteiger partial charge in [-0.15, -0.1) is 0 Å². The Kier molecular flexibility index (Phi) is 7.49. The lowest BCUT2D eigenvalue weighted by atomic mass is 10.1. The van der Waals surface area contributed by atoms with E-state index in [1.807, 2.05) is 6.92 Å². The molecule has 7 nitrogen and oxygen atoms in total. The molecular weight excluding hydrogens is 230 g/mol. The molecule has 1 atom stereocenters. The predicted octanol–water partition coefficient (Wildman–Crippen LogP) is 0.831. The van der Waals surface area contributed by atoms with E-state index in [0.717, 1.165) is 6.42 Å². The second-order valence-electron chi connectivity index (χ2n) is 3.46. The first-order valence-corrected chi connectivity index (χ1v) is 5.35. The van der Waals surface area contributed by atoms with Gasteiger partial charge in [0.15, 0.2) is 0 Å². The fourth-order valence-corrected chi connectivity index (χ4v) is 1.02. The van der Waals surface area contributed by atoms with Crippen molar-refractivity contribution in [3.05, 3.63) is 0 Å². The fourth-order valence-electron chi connectivity index (χ4n) is 1.02. The number of carboxylic acid groups (broad SMARTS) is 2. The first-order valence-electron chi connectivity index (χ1n) is 5.35. The predicted molar refractivity (Wildman–Crippen MR) is 57.7 cm³/mol. The molecule has 0 aliphatic carbocycles. The molecule has 0 radical (unpaired) electrons. The summed E-state index contributed by atoms with van der Waals surface area (Å²) in [5, 5.41) is 19.3. The van der Waals surface area contributed by atoms with Crippen molar-refractivity contribution in [3.63, 3.8) is 0 Å². The molecule has 0 aliphatic rings. The number of ether oxygens (including phenoxy) is 1. The maximum Gasteiger partial charge on any atom is 0.407 e. The molecule has 7 heteroatoms. The van der Waals surface area contributed by atoms with Crippen molar-refractivity contribution in [3.8, 4) is 0 Å². The number of alkyl carbamates (subject to hydrolysis) is 1. The van der Waals surface area contributed by atoms with Crippen molar-refractivity contribution in [2.75, 3.05) is 6.61 Å². The van der Waals surface area contributed by atoms with Gasteiger partial charge < -0.3 is 20.3 Å². The Morgan fingerprint density at radius 3 is 2.41 bits per heavy atom. The molecule has 0 heterocycles. The van der Waals surface area contributed by atoms with E-state index in [9.17, 15) is 14.4 Å². The van der Waals surface area contributed by atoms with E-state index in [0.29, 0.717) is 6.42 Å². The highest BCUT2D eigenvalue weighted by atomic mass is 16.5. The lowest BCUT2D eigenvalue weighted by molar-refractivity contribution is -0.140. The summed E-state index contributed by atoms with van der Waals surface area (Å²) in [6, 6.07) is -1.24. The Hall–Kier alpha value is -1.79. The van der Waals surface area contributed by atoms with Crippen molar-refractivity contribution in [1.29, 1.82) is 0 Å².